The van der Waals surface area contributed by atoms with Crippen LogP contribution in [0.25, 0.3) is 11.1 Å². The predicted molar refractivity (Wildman–Crippen MR) is 86.2 cm³/mol. The molecule has 0 bridgehead atoms. The molecule has 0 unspecified atom stereocenters. The first-order chi connectivity index (χ1) is 9.20. The van der Waals surface area contributed by atoms with Crippen molar-refractivity contribution in [2.75, 3.05) is 0 Å². The van der Waals surface area contributed by atoms with E-state index in [0.717, 1.165) is 0 Å². The number of aryl methyl sites for hydroxylation is 2. The molecule has 2 heteroatoms. The molecule has 0 radical (unpaired) electrons. The topological polar surface area (TPSA) is 17.8 Å². The Kier molecular flexibility index (Phi) is 3.77. The lowest BCUT2D eigenvalue weighted by molar-refractivity contribution is 0.532. The summed E-state index contributed by atoms with van der Waals surface area (Å²) in [5.74, 6) is 0. The van der Waals surface area contributed by atoms with Gasteiger partial charge in [-0.15, -0.1) is 0 Å². The molecule has 1 aromatic carbocycles. The van der Waals surface area contributed by atoms with Crippen LogP contribution in [0.15, 0.2) is 24.5 Å². The third-order valence-corrected chi connectivity index (χ3v) is 3.71. The van der Waals surface area contributed by atoms with Gasteiger partial charge in [-0.05, 0) is 49.8 Å². The summed E-state index contributed by atoms with van der Waals surface area (Å²) in [4.78, 5) is 0. The molecular weight excluding hydrogens is 244 g/mol. The Balaban J connectivity index is 2.65. The number of hydrogen-bond acceptors (Lipinski definition) is 1. The largest absolute Gasteiger partial charge is 0.270 e. The zero-order valence-electron chi connectivity index (χ0n) is 13.8. The Morgan fingerprint density at radius 3 is 2.25 bits per heavy atom. The van der Waals surface area contributed by atoms with E-state index in [1.165, 1.54) is 27.8 Å². The van der Waals surface area contributed by atoms with Crippen LogP contribution in [0.3, 0.4) is 0 Å². The first kappa shape index (κ1) is 14.8. The summed E-state index contributed by atoms with van der Waals surface area (Å²) < 4.78 is 2.03. The highest BCUT2D eigenvalue weighted by Gasteiger charge is 2.21. The van der Waals surface area contributed by atoms with E-state index in [-0.39, 0.29) is 5.41 Å². The van der Waals surface area contributed by atoms with Gasteiger partial charge in [0.1, 0.15) is 0 Å². The fourth-order valence-corrected chi connectivity index (χ4v) is 2.69. The summed E-state index contributed by atoms with van der Waals surface area (Å²) >= 11 is 0. The highest BCUT2D eigenvalue weighted by atomic mass is 15.3. The molecule has 1 aromatic heterocycles. The molecule has 0 spiro atoms. The predicted octanol–water partition coefficient (Wildman–Crippen LogP) is 5.05. The number of benzene rings is 1. The van der Waals surface area contributed by atoms with Crippen molar-refractivity contribution in [2.45, 2.75) is 59.9 Å². The molecule has 0 fully saturated rings. The average Bonchev–Trinajstić information content (AvgIpc) is 2.75. The maximum absolute atomic E-state index is 4.50. The lowest BCUT2D eigenvalue weighted by Crippen LogP contribution is -2.14. The summed E-state index contributed by atoms with van der Waals surface area (Å²) in [7, 11) is 0. The summed E-state index contributed by atoms with van der Waals surface area (Å²) in [5.41, 5.74) is 6.76. The Labute approximate surface area is 122 Å². The first-order valence-electron chi connectivity index (χ1n) is 7.36. The Bertz CT molecular complexity index is 613. The van der Waals surface area contributed by atoms with Gasteiger partial charge in [-0.1, -0.05) is 38.5 Å². The quantitative estimate of drug-likeness (QED) is 0.747. The van der Waals surface area contributed by atoms with Crippen molar-refractivity contribution in [2.24, 2.45) is 0 Å². The van der Waals surface area contributed by atoms with Gasteiger partial charge < -0.3 is 0 Å². The maximum atomic E-state index is 4.50. The van der Waals surface area contributed by atoms with Crippen molar-refractivity contribution in [3.05, 3.63) is 41.2 Å². The maximum Gasteiger partial charge on any atom is 0.0568 e. The Morgan fingerprint density at radius 1 is 1.10 bits per heavy atom. The molecule has 1 heterocycles. The molecule has 0 amide bonds. The van der Waals surface area contributed by atoms with Crippen molar-refractivity contribution in [3.63, 3.8) is 0 Å². The third kappa shape index (κ3) is 2.79. The summed E-state index contributed by atoms with van der Waals surface area (Å²) in [6.07, 6.45) is 4.16. The summed E-state index contributed by atoms with van der Waals surface area (Å²) in [6.45, 7) is 15.5. The van der Waals surface area contributed by atoms with Crippen molar-refractivity contribution >= 4 is 0 Å². The molecule has 0 atom stereocenters. The lowest BCUT2D eigenvalue weighted by atomic mass is 9.80. The first-order valence-corrected chi connectivity index (χ1v) is 7.36. The van der Waals surface area contributed by atoms with Crippen molar-refractivity contribution in [1.82, 2.24) is 9.78 Å². The van der Waals surface area contributed by atoms with Gasteiger partial charge in [-0.2, -0.15) is 5.10 Å². The summed E-state index contributed by atoms with van der Waals surface area (Å²) in [5, 5.41) is 4.50. The normalized spacial score (nSPS) is 12.2. The second kappa shape index (κ2) is 5.08. The molecule has 20 heavy (non-hydrogen) atoms. The Morgan fingerprint density at radius 2 is 1.75 bits per heavy atom. The van der Waals surface area contributed by atoms with Crippen LogP contribution in [0.4, 0.5) is 0 Å². The smallest absolute Gasteiger partial charge is 0.0568 e. The van der Waals surface area contributed by atoms with Crippen molar-refractivity contribution in [3.8, 4) is 11.1 Å². The molecular formula is C18H26N2. The van der Waals surface area contributed by atoms with Gasteiger partial charge in [-0.3, -0.25) is 4.68 Å². The molecule has 0 aliphatic rings. The van der Waals surface area contributed by atoms with E-state index in [0.29, 0.717) is 6.04 Å². The van der Waals surface area contributed by atoms with Crippen LogP contribution < -0.4 is 0 Å². The highest BCUT2D eigenvalue weighted by Crippen LogP contribution is 2.36. The monoisotopic (exact) mass is 270 g/mol. The van der Waals surface area contributed by atoms with E-state index in [1.807, 2.05) is 10.9 Å². The zero-order valence-corrected chi connectivity index (χ0v) is 13.8. The van der Waals surface area contributed by atoms with Gasteiger partial charge >= 0.3 is 0 Å². The number of nitrogens with zero attached hydrogens (tertiary/aromatic N) is 2. The lowest BCUT2D eigenvalue weighted by Gasteiger charge is -2.25. The van der Waals surface area contributed by atoms with Crippen LogP contribution in [-0.2, 0) is 5.41 Å². The van der Waals surface area contributed by atoms with Crippen LogP contribution >= 0.6 is 0 Å². The van der Waals surface area contributed by atoms with Crippen molar-refractivity contribution < 1.29 is 0 Å². The molecule has 108 valence electrons. The fraction of sp³-hybridized carbons (Fsp3) is 0.500. The second-order valence-corrected chi connectivity index (χ2v) is 7.06. The minimum absolute atomic E-state index is 0.131. The van der Waals surface area contributed by atoms with E-state index in [1.54, 1.807) is 0 Å². The molecule has 2 nitrogen and oxygen atoms in total. The van der Waals surface area contributed by atoms with Crippen LogP contribution in [-0.4, -0.2) is 9.78 Å². The van der Waals surface area contributed by atoms with E-state index >= 15 is 0 Å². The Hall–Kier alpha value is -1.57. The molecule has 2 aromatic rings. The minimum Gasteiger partial charge on any atom is -0.270 e. The molecule has 0 aliphatic heterocycles. The van der Waals surface area contributed by atoms with Gasteiger partial charge in [-0.25, -0.2) is 0 Å². The SMILES string of the molecule is Cc1cc(C)c(-c2cnn(C(C)C)c2)c(C(C)(C)C)c1. The number of hydrogen-bond donors (Lipinski definition) is 0. The van der Waals surface area contributed by atoms with Crippen LogP contribution in [0, 0.1) is 13.8 Å². The number of aromatic nitrogens is 2. The standard InChI is InChI=1S/C18H26N2/c1-12(2)20-11-15(10-19-20)17-14(4)8-13(3)9-16(17)18(5,6)7/h8-12H,1-7H3. The molecule has 0 aliphatic carbocycles. The number of rotatable bonds is 2. The highest BCUT2D eigenvalue weighted by molar-refractivity contribution is 5.71. The summed E-state index contributed by atoms with van der Waals surface area (Å²) in [6, 6.07) is 4.97. The van der Waals surface area contributed by atoms with Gasteiger partial charge in [0.05, 0.1) is 6.20 Å². The van der Waals surface area contributed by atoms with Gasteiger partial charge in [0.25, 0.3) is 0 Å². The van der Waals surface area contributed by atoms with E-state index in [4.69, 9.17) is 0 Å². The minimum atomic E-state index is 0.131. The van der Waals surface area contributed by atoms with E-state index in [9.17, 15) is 0 Å². The van der Waals surface area contributed by atoms with Gasteiger partial charge in [0, 0.05) is 17.8 Å². The molecule has 2 rings (SSSR count). The van der Waals surface area contributed by atoms with Crippen LogP contribution in [0.5, 0.6) is 0 Å². The third-order valence-electron chi connectivity index (χ3n) is 3.71. The molecule has 0 saturated heterocycles. The fourth-order valence-electron chi connectivity index (χ4n) is 2.69. The average molecular weight is 270 g/mol. The van der Waals surface area contributed by atoms with Crippen LogP contribution in [0.2, 0.25) is 0 Å². The van der Waals surface area contributed by atoms with Crippen LogP contribution in [0.1, 0.15) is 57.4 Å². The van der Waals surface area contributed by atoms with Crippen molar-refractivity contribution in [1.29, 1.82) is 0 Å². The van der Waals surface area contributed by atoms with Gasteiger partial charge in [0.2, 0.25) is 0 Å². The molecule has 0 N–H and O–H groups in total. The second-order valence-electron chi connectivity index (χ2n) is 7.06. The van der Waals surface area contributed by atoms with Gasteiger partial charge in [0.15, 0.2) is 0 Å². The van der Waals surface area contributed by atoms with E-state index < -0.39 is 0 Å². The zero-order chi connectivity index (χ0) is 15.1. The van der Waals surface area contributed by atoms with E-state index in [2.05, 4.69) is 71.9 Å². The molecule has 0 saturated carbocycles.